The largest absolute Gasteiger partial charge is 0.481 e. The topological polar surface area (TPSA) is 37.3 Å². The molecule has 0 aromatic heterocycles. The molecule has 0 spiro atoms. The minimum atomic E-state index is -0.709. The van der Waals surface area contributed by atoms with Gasteiger partial charge in [-0.25, -0.2) is 0 Å². The highest BCUT2D eigenvalue weighted by Crippen LogP contribution is 2.09. The number of carboxylic acids is 1. The Bertz CT molecular complexity index is 171. The van der Waals surface area contributed by atoms with Gasteiger partial charge < -0.3 is 5.11 Å². The first-order chi connectivity index (χ1) is 5.54. The van der Waals surface area contributed by atoms with Crippen molar-refractivity contribution in [2.75, 3.05) is 11.5 Å². The Hall–Kier alpha value is -0.440. The molecule has 1 unspecified atom stereocenters. The third-order valence-corrected chi connectivity index (χ3v) is 2.54. The van der Waals surface area contributed by atoms with Crippen molar-refractivity contribution in [3.63, 3.8) is 0 Å². The molecule has 0 aliphatic heterocycles. The van der Waals surface area contributed by atoms with Gasteiger partial charge >= 0.3 is 5.97 Å². The molecule has 1 atom stereocenters. The van der Waals surface area contributed by atoms with E-state index in [0.717, 1.165) is 5.75 Å². The summed E-state index contributed by atoms with van der Waals surface area (Å²) in [7, 11) is 0. The van der Waals surface area contributed by atoms with E-state index in [-0.39, 0.29) is 5.92 Å². The number of hydrogen-bond donors (Lipinski definition) is 1. The molecule has 12 heavy (non-hydrogen) atoms. The van der Waals surface area contributed by atoms with Crippen molar-refractivity contribution < 1.29 is 9.90 Å². The summed E-state index contributed by atoms with van der Waals surface area (Å²) in [5.41, 5.74) is 1.28. The minimum Gasteiger partial charge on any atom is -0.481 e. The highest BCUT2D eigenvalue weighted by Gasteiger charge is 2.09. The molecule has 70 valence electrons. The van der Waals surface area contributed by atoms with E-state index in [1.807, 2.05) is 13.8 Å². The van der Waals surface area contributed by atoms with Crippen LogP contribution >= 0.6 is 11.8 Å². The third kappa shape index (κ3) is 6.28. The Morgan fingerprint density at radius 1 is 1.58 bits per heavy atom. The third-order valence-electron chi connectivity index (χ3n) is 1.40. The van der Waals surface area contributed by atoms with Gasteiger partial charge in [0.1, 0.15) is 0 Å². The molecular weight excluding hydrogens is 172 g/mol. The molecule has 0 aromatic rings. The summed E-state index contributed by atoms with van der Waals surface area (Å²) >= 11 is 1.66. The summed E-state index contributed by atoms with van der Waals surface area (Å²) < 4.78 is 0. The van der Waals surface area contributed by atoms with E-state index < -0.39 is 5.97 Å². The number of thioether (sulfide) groups is 1. The predicted octanol–water partition coefficient (Wildman–Crippen LogP) is 2.41. The van der Waals surface area contributed by atoms with Crippen molar-refractivity contribution in [3.8, 4) is 0 Å². The van der Waals surface area contributed by atoms with Gasteiger partial charge in [-0.15, -0.1) is 0 Å². The second-order valence-corrected chi connectivity index (χ2v) is 4.13. The normalized spacial score (nSPS) is 12.2. The molecule has 3 heteroatoms. The molecule has 0 amide bonds. The van der Waals surface area contributed by atoms with Crippen molar-refractivity contribution in [3.05, 3.63) is 11.6 Å². The molecule has 0 aliphatic carbocycles. The van der Waals surface area contributed by atoms with Gasteiger partial charge in [0.25, 0.3) is 0 Å². The second-order valence-electron chi connectivity index (χ2n) is 3.06. The van der Waals surface area contributed by atoms with Crippen LogP contribution in [0.2, 0.25) is 0 Å². The zero-order chi connectivity index (χ0) is 9.56. The Kier molecular flexibility index (Phi) is 5.89. The lowest BCUT2D eigenvalue weighted by molar-refractivity contribution is -0.140. The van der Waals surface area contributed by atoms with E-state index in [1.54, 1.807) is 18.7 Å². The van der Waals surface area contributed by atoms with Crippen LogP contribution in [0.5, 0.6) is 0 Å². The van der Waals surface area contributed by atoms with E-state index in [9.17, 15) is 4.79 Å². The zero-order valence-electron chi connectivity index (χ0n) is 7.83. The van der Waals surface area contributed by atoms with E-state index in [2.05, 4.69) is 6.08 Å². The Morgan fingerprint density at radius 3 is 2.58 bits per heavy atom. The number of hydrogen-bond acceptors (Lipinski definition) is 2. The fourth-order valence-electron chi connectivity index (χ4n) is 0.542. The van der Waals surface area contributed by atoms with Gasteiger partial charge in [-0.1, -0.05) is 18.6 Å². The highest BCUT2D eigenvalue weighted by molar-refractivity contribution is 7.99. The Labute approximate surface area is 78.0 Å². The number of rotatable bonds is 5. The summed E-state index contributed by atoms with van der Waals surface area (Å²) in [5.74, 6) is 0.666. The first-order valence-corrected chi connectivity index (χ1v) is 5.13. The molecule has 0 saturated carbocycles. The molecule has 0 heterocycles. The van der Waals surface area contributed by atoms with Gasteiger partial charge in [0.2, 0.25) is 0 Å². The SMILES string of the molecule is CC(C)=CCSCC(C)C(=O)O. The van der Waals surface area contributed by atoms with Gasteiger partial charge in [-0.3, -0.25) is 4.79 Å². The van der Waals surface area contributed by atoms with E-state index >= 15 is 0 Å². The number of allylic oxidation sites excluding steroid dienone is 1. The predicted molar refractivity (Wildman–Crippen MR) is 53.6 cm³/mol. The van der Waals surface area contributed by atoms with Crippen LogP contribution in [0.4, 0.5) is 0 Å². The van der Waals surface area contributed by atoms with Gasteiger partial charge in [0, 0.05) is 11.5 Å². The number of carbonyl (C=O) groups is 1. The molecule has 0 aromatic carbocycles. The van der Waals surface area contributed by atoms with Gasteiger partial charge in [0.05, 0.1) is 5.92 Å². The molecule has 1 N–H and O–H groups in total. The van der Waals surface area contributed by atoms with Crippen LogP contribution in [-0.2, 0) is 4.79 Å². The average molecular weight is 188 g/mol. The molecule has 0 fully saturated rings. The molecule has 0 radical (unpaired) electrons. The molecular formula is C9H16O2S. The fraction of sp³-hybridized carbons (Fsp3) is 0.667. The van der Waals surface area contributed by atoms with Crippen LogP contribution in [0.3, 0.4) is 0 Å². The Morgan fingerprint density at radius 2 is 2.17 bits per heavy atom. The monoisotopic (exact) mass is 188 g/mol. The summed E-state index contributed by atoms with van der Waals surface area (Å²) in [6.07, 6.45) is 2.11. The van der Waals surface area contributed by atoms with E-state index in [1.165, 1.54) is 5.57 Å². The standard InChI is InChI=1S/C9H16O2S/c1-7(2)4-5-12-6-8(3)9(10)11/h4,8H,5-6H2,1-3H3,(H,10,11). The lowest BCUT2D eigenvalue weighted by Gasteiger charge is -2.03. The summed E-state index contributed by atoms with van der Waals surface area (Å²) in [4.78, 5) is 10.4. The molecule has 0 bridgehead atoms. The van der Waals surface area contributed by atoms with Crippen molar-refractivity contribution in [1.82, 2.24) is 0 Å². The van der Waals surface area contributed by atoms with Crippen LogP contribution in [0.1, 0.15) is 20.8 Å². The molecule has 0 rings (SSSR count). The minimum absolute atomic E-state index is 0.236. The maximum absolute atomic E-state index is 10.4. The van der Waals surface area contributed by atoms with Gasteiger partial charge in [-0.05, 0) is 13.8 Å². The van der Waals surface area contributed by atoms with E-state index in [0.29, 0.717) is 5.75 Å². The van der Waals surface area contributed by atoms with Crippen LogP contribution in [0, 0.1) is 5.92 Å². The van der Waals surface area contributed by atoms with Crippen LogP contribution in [0.15, 0.2) is 11.6 Å². The summed E-state index contributed by atoms with van der Waals surface area (Å²) in [6, 6.07) is 0. The first-order valence-electron chi connectivity index (χ1n) is 3.98. The summed E-state index contributed by atoms with van der Waals surface area (Å²) in [5, 5.41) is 8.56. The quantitative estimate of drug-likeness (QED) is 0.532. The molecule has 2 nitrogen and oxygen atoms in total. The lowest BCUT2D eigenvalue weighted by atomic mass is 10.2. The molecule has 0 saturated heterocycles. The number of aliphatic carboxylic acids is 1. The first kappa shape index (κ1) is 11.6. The zero-order valence-corrected chi connectivity index (χ0v) is 8.65. The van der Waals surface area contributed by atoms with Crippen molar-refractivity contribution in [2.45, 2.75) is 20.8 Å². The average Bonchev–Trinajstić information content (AvgIpc) is 1.97. The lowest BCUT2D eigenvalue weighted by Crippen LogP contribution is -2.11. The van der Waals surface area contributed by atoms with Crippen molar-refractivity contribution in [2.24, 2.45) is 5.92 Å². The van der Waals surface area contributed by atoms with Gasteiger partial charge in [0.15, 0.2) is 0 Å². The van der Waals surface area contributed by atoms with Crippen molar-refractivity contribution in [1.29, 1.82) is 0 Å². The smallest absolute Gasteiger partial charge is 0.307 e. The van der Waals surface area contributed by atoms with Crippen LogP contribution < -0.4 is 0 Å². The van der Waals surface area contributed by atoms with Crippen LogP contribution in [0.25, 0.3) is 0 Å². The Balaban J connectivity index is 3.44. The van der Waals surface area contributed by atoms with Gasteiger partial charge in [-0.2, -0.15) is 11.8 Å². The second kappa shape index (κ2) is 6.12. The highest BCUT2D eigenvalue weighted by atomic mass is 32.2. The number of carboxylic acid groups (broad SMARTS) is 1. The molecule has 0 aliphatic rings. The maximum Gasteiger partial charge on any atom is 0.307 e. The van der Waals surface area contributed by atoms with E-state index in [4.69, 9.17) is 5.11 Å². The fourth-order valence-corrected chi connectivity index (χ4v) is 1.63. The van der Waals surface area contributed by atoms with Crippen molar-refractivity contribution >= 4 is 17.7 Å². The maximum atomic E-state index is 10.4. The van der Waals surface area contributed by atoms with Crippen LogP contribution in [-0.4, -0.2) is 22.6 Å². The summed E-state index contributed by atoms with van der Waals surface area (Å²) in [6.45, 7) is 5.82.